The minimum Gasteiger partial charge on any atom is -0.505 e. The molecule has 4 aromatic rings. The molecule has 13 heteroatoms. The zero-order valence-electron chi connectivity index (χ0n) is 33.0. The number of aromatic hydroxyl groups is 1. The van der Waals surface area contributed by atoms with Crippen LogP contribution in [-0.4, -0.2) is 69.6 Å². The fraction of sp³-hybridized carbons (Fsp3) is 0.442. The number of anilines is 1. The molecule has 298 valence electrons. The van der Waals surface area contributed by atoms with Gasteiger partial charge in [-0.1, -0.05) is 52.8 Å². The van der Waals surface area contributed by atoms with Crippen molar-refractivity contribution in [1.82, 2.24) is 4.98 Å². The van der Waals surface area contributed by atoms with Crippen molar-refractivity contribution < 1.29 is 47.9 Å². The van der Waals surface area contributed by atoms with Gasteiger partial charge in [-0.2, -0.15) is 0 Å². The number of carbonyl (C=O) groups excluding carboxylic acids is 2. The molecule has 2 aliphatic rings. The van der Waals surface area contributed by atoms with Crippen LogP contribution in [0, 0.1) is 42.3 Å². The number of allylic oxidation sites excluding steroid dienone is 2. The number of hydrogen-bond donors (Lipinski definition) is 4. The third kappa shape index (κ3) is 6.96. The first-order valence-corrected chi connectivity index (χ1v) is 18.8. The van der Waals surface area contributed by atoms with Gasteiger partial charge in [-0.3, -0.25) is 14.4 Å². The summed E-state index contributed by atoms with van der Waals surface area (Å²) in [7, 11) is 1.49. The SMILES string of the molecule is CO[C@H]1/C=C/O[C@@]2(C)Oc3c(C)c(=O)c4c(O)c(c5oc6cc(F)ccc6nc5c4c3C2=O)NCC(=O)/C(C)=C\C=C\[C@H](C)[C@H](O)[C@@H](C)[C@@H](C)[C@@H](C)[C@H](O)[C@@H]1C. The molecule has 0 unspecified atom stereocenters. The van der Waals surface area contributed by atoms with Crippen LogP contribution >= 0.6 is 0 Å². The van der Waals surface area contributed by atoms with Gasteiger partial charge in [0, 0.05) is 42.9 Å². The molecule has 1 aromatic heterocycles. The van der Waals surface area contributed by atoms with Crippen molar-refractivity contribution in [3.8, 4) is 11.5 Å². The number of aliphatic hydroxyl groups excluding tert-OH is 2. The number of halogens is 1. The number of phenols is 1. The summed E-state index contributed by atoms with van der Waals surface area (Å²) in [5, 5.41) is 37.2. The highest BCUT2D eigenvalue weighted by Gasteiger charge is 2.49. The number of ketones is 2. The minimum atomic E-state index is -1.99. The Bertz CT molecular complexity index is 2380. The second kappa shape index (κ2) is 15.4. The largest absolute Gasteiger partial charge is 0.505 e. The lowest BCUT2D eigenvalue weighted by Crippen LogP contribution is -2.41. The number of phenolic OH excluding ortho intramolecular Hbond substituents is 1. The minimum absolute atomic E-state index is 0.00393. The predicted molar refractivity (Wildman–Crippen MR) is 210 cm³/mol. The maximum atomic E-state index is 14.5. The summed E-state index contributed by atoms with van der Waals surface area (Å²) >= 11 is 0. The Morgan fingerprint density at radius 3 is 2.36 bits per heavy atom. The summed E-state index contributed by atoms with van der Waals surface area (Å²) < 4.78 is 38.4. The van der Waals surface area contributed by atoms with Crippen LogP contribution in [0.5, 0.6) is 11.5 Å². The molecule has 4 N–H and O–H groups in total. The van der Waals surface area contributed by atoms with Gasteiger partial charge in [0.1, 0.15) is 28.3 Å². The summed E-state index contributed by atoms with van der Waals surface area (Å²) in [5.74, 6) is -5.66. The van der Waals surface area contributed by atoms with E-state index in [-0.39, 0.29) is 91.5 Å². The molecular weight excluding hydrogens is 723 g/mol. The van der Waals surface area contributed by atoms with E-state index in [1.54, 1.807) is 31.2 Å². The van der Waals surface area contributed by atoms with Crippen molar-refractivity contribution in [2.75, 3.05) is 19.0 Å². The molecule has 0 aliphatic carbocycles. The zero-order valence-corrected chi connectivity index (χ0v) is 33.0. The highest BCUT2D eigenvalue weighted by Crippen LogP contribution is 2.48. The van der Waals surface area contributed by atoms with Crippen LogP contribution in [0.2, 0.25) is 0 Å². The van der Waals surface area contributed by atoms with Crippen molar-refractivity contribution in [2.45, 2.75) is 79.5 Å². The lowest BCUT2D eigenvalue weighted by atomic mass is 9.73. The predicted octanol–water partition coefficient (Wildman–Crippen LogP) is 6.88. The van der Waals surface area contributed by atoms with Gasteiger partial charge in [-0.15, -0.1) is 0 Å². The average Bonchev–Trinajstić information content (AvgIpc) is 3.44. The molecule has 0 saturated carbocycles. The second-order valence-corrected chi connectivity index (χ2v) is 15.4. The quantitative estimate of drug-likeness (QED) is 0.0897. The Kier molecular flexibility index (Phi) is 11.2. The first kappa shape index (κ1) is 40.6. The van der Waals surface area contributed by atoms with Gasteiger partial charge in [-0.05, 0) is 55.4 Å². The van der Waals surface area contributed by atoms with Crippen molar-refractivity contribution in [3.63, 3.8) is 0 Å². The van der Waals surface area contributed by atoms with Crippen molar-refractivity contribution in [2.24, 2.45) is 29.6 Å². The molecule has 9 atom stereocenters. The molecule has 0 amide bonds. The lowest BCUT2D eigenvalue weighted by molar-refractivity contribution is -0.114. The molecule has 4 bridgehead atoms. The molecule has 3 heterocycles. The lowest BCUT2D eigenvalue weighted by Gasteiger charge is -2.37. The maximum Gasteiger partial charge on any atom is 0.312 e. The second-order valence-electron chi connectivity index (χ2n) is 15.4. The number of nitrogens with zero attached hydrogens (tertiary/aromatic N) is 1. The third-order valence-electron chi connectivity index (χ3n) is 11.9. The molecule has 3 aromatic carbocycles. The molecule has 12 nitrogen and oxygen atoms in total. The topological polar surface area (TPSA) is 178 Å². The number of nitrogens with one attached hydrogen (secondary N) is 1. The summed E-state index contributed by atoms with van der Waals surface area (Å²) in [5.41, 5.74) is -0.515. The van der Waals surface area contributed by atoms with E-state index in [1.807, 2.05) is 34.6 Å². The van der Waals surface area contributed by atoms with Gasteiger partial charge in [-0.25, -0.2) is 9.37 Å². The zero-order chi connectivity index (χ0) is 41.0. The van der Waals surface area contributed by atoms with E-state index in [1.165, 1.54) is 39.4 Å². The number of Topliss-reactive ketones (excluding diaryl/α,β-unsaturated/α-hetero) is 2. The van der Waals surface area contributed by atoms with Crippen molar-refractivity contribution in [1.29, 1.82) is 0 Å². The molecule has 0 radical (unpaired) electrons. The summed E-state index contributed by atoms with van der Waals surface area (Å²) in [4.78, 5) is 46.7. The number of hydrogen-bond acceptors (Lipinski definition) is 12. The number of carbonyl (C=O) groups is 2. The number of fused-ring (bicyclic) bond motifs is 2. The van der Waals surface area contributed by atoms with Crippen LogP contribution in [0.25, 0.3) is 33.0 Å². The van der Waals surface area contributed by atoms with Crippen molar-refractivity contribution in [3.05, 3.63) is 81.5 Å². The van der Waals surface area contributed by atoms with E-state index in [0.717, 1.165) is 6.07 Å². The number of ether oxygens (including phenoxy) is 3. The summed E-state index contributed by atoms with van der Waals surface area (Å²) in [6, 6.07) is 3.66. The van der Waals surface area contributed by atoms with Gasteiger partial charge >= 0.3 is 5.79 Å². The van der Waals surface area contributed by atoms with Crippen LogP contribution in [0.15, 0.2) is 63.6 Å². The van der Waals surface area contributed by atoms with Crippen LogP contribution in [0.3, 0.4) is 0 Å². The molecule has 56 heavy (non-hydrogen) atoms. The van der Waals surface area contributed by atoms with Crippen molar-refractivity contribution >= 4 is 50.2 Å². The molecular formula is C43H49FN2O10. The molecule has 0 fully saturated rings. The molecule has 0 spiro atoms. The summed E-state index contributed by atoms with van der Waals surface area (Å²) in [6.45, 7) is 13.7. The smallest absolute Gasteiger partial charge is 0.312 e. The first-order chi connectivity index (χ1) is 26.4. The van der Waals surface area contributed by atoms with E-state index < -0.39 is 52.8 Å². The van der Waals surface area contributed by atoms with Gasteiger partial charge in [0.25, 0.3) is 5.78 Å². The van der Waals surface area contributed by atoms with Crippen LogP contribution in [-0.2, 0) is 14.3 Å². The van der Waals surface area contributed by atoms with Gasteiger partial charge < -0.3 is 39.3 Å². The van der Waals surface area contributed by atoms with E-state index in [4.69, 9.17) is 23.6 Å². The van der Waals surface area contributed by atoms with E-state index in [2.05, 4.69) is 5.32 Å². The monoisotopic (exact) mass is 772 g/mol. The number of benzene rings is 3. The molecule has 2 aliphatic heterocycles. The van der Waals surface area contributed by atoms with E-state index in [9.17, 15) is 34.1 Å². The van der Waals surface area contributed by atoms with Crippen LogP contribution < -0.4 is 15.5 Å². The Morgan fingerprint density at radius 1 is 0.964 bits per heavy atom. The number of rotatable bonds is 1. The maximum absolute atomic E-state index is 14.5. The highest BCUT2D eigenvalue weighted by molar-refractivity contribution is 6.25. The number of aliphatic hydroxyl groups is 2. The fourth-order valence-electron chi connectivity index (χ4n) is 7.77. The fourth-order valence-corrected chi connectivity index (χ4v) is 7.77. The van der Waals surface area contributed by atoms with Gasteiger partial charge in [0.15, 0.2) is 28.1 Å². The Balaban J connectivity index is 1.55. The third-order valence-corrected chi connectivity index (χ3v) is 11.9. The molecule has 0 saturated heterocycles. The normalized spacial score (nSPS) is 31.5. The Hall–Kier alpha value is -5.11. The van der Waals surface area contributed by atoms with E-state index >= 15 is 0 Å². The standard InChI is InChI=1S/C43H49FN2O10/c1-19-11-10-12-20(2)36(48)22(4)21(3)23(5)37(49)24(6)29(53-9)15-16-54-43(8)42(52)33-31-32(38(50)25(7)40(33)56-43)39(51)35(45-18-28(19)47)41-34(31)46-27-14-13-26(44)17-30(27)55-41/h10-17,20-24,29,36-37,45,48-49,51H,18H2,1-9H3/b12-10+,16-15+,19-11-/t20-,21+,22-,23+,24+,29-,36-,37-,43-/m0/s1. The van der Waals surface area contributed by atoms with Gasteiger partial charge in [0.2, 0.25) is 0 Å². The van der Waals surface area contributed by atoms with Crippen LogP contribution in [0.1, 0.15) is 64.4 Å². The van der Waals surface area contributed by atoms with Gasteiger partial charge in [0.05, 0.1) is 42.1 Å². The Morgan fingerprint density at radius 2 is 1.66 bits per heavy atom. The highest BCUT2D eigenvalue weighted by atomic mass is 19.1. The van der Waals surface area contributed by atoms with E-state index in [0.29, 0.717) is 5.57 Å². The molecule has 6 rings (SSSR count). The first-order valence-electron chi connectivity index (χ1n) is 18.8. The average molecular weight is 773 g/mol. The number of aromatic nitrogens is 1. The number of methoxy groups -OCH3 is 1. The Labute approximate surface area is 323 Å². The van der Waals surface area contributed by atoms with Crippen LogP contribution in [0.4, 0.5) is 10.1 Å². The summed E-state index contributed by atoms with van der Waals surface area (Å²) in [6.07, 6.45) is 5.65.